The molecule has 0 aliphatic carbocycles. The summed E-state index contributed by atoms with van der Waals surface area (Å²) in [5, 5.41) is 12.1. The molecule has 0 radical (unpaired) electrons. The van der Waals surface area contributed by atoms with Gasteiger partial charge in [-0.2, -0.15) is 0 Å². The van der Waals surface area contributed by atoms with Gasteiger partial charge in [-0.05, 0) is 24.5 Å². The zero-order valence-electron chi connectivity index (χ0n) is 13.5. The predicted molar refractivity (Wildman–Crippen MR) is 84.9 cm³/mol. The molecule has 0 unspecified atom stereocenters. The Morgan fingerprint density at radius 1 is 1.32 bits per heavy atom. The van der Waals surface area contributed by atoms with Crippen molar-refractivity contribution in [3.05, 3.63) is 29.8 Å². The highest BCUT2D eigenvalue weighted by atomic mass is 16.5. The highest BCUT2D eigenvalue weighted by molar-refractivity contribution is 5.79. The largest absolute Gasteiger partial charge is 0.496 e. The van der Waals surface area contributed by atoms with Crippen LogP contribution in [0, 0.1) is 11.8 Å². The fourth-order valence-electron chi connectivity index (χ4n) is 2.35. The van der Waals surface area contributed by atoms with E-state index in [0.717, 1.165) is 18.4 Å². The molecule has 0 heterocycles. The summed E-state index contributed by atoms with van der Waals surface area (Å²) in [4.78, 5) is 23.3. The number of carbonyl (C=O) groups is 2. The average molecular weight is 307 g/mol. The summed E-state index contributed by atoms with van der Waals surface area (Å²) >= 11 is 0. The Hall–Kier alpha value is -2.04. The van der Waals surface area contributed by atoms with Gasteiger partial charge in [0.1, 0.15) is 5.75 Å². The van der Waals surface area contributed by atoms with Crippen molar-refractivity contribution in [1.29, 1.82) is 0 Å². The molecule has 0 fully saturated rings. The van der Waals surface area contributed by atoms with Gasteiger partial charge >= 0.3 is 5.97 Å². The fraction of sp³-hybridized carbons (Fsp3) is 0.529. The number of ether oxygens (including phenoxy) is 1. The topological polar surface area (TPSA) is 75.6 Å². The summed E-state index contributed by atoms with van der Waals surface area (Å²) in [5.41, 5.74) is 0.827. The summed E-state index contributed by atoms with van der Waals surface area (Å²) < 4.78 is 5.24. The highest BCUT2D eigenvalue weighted by Gasteiger charge is 2.21. The SMILES string of the molecule is CCC[C@H](C)C(=O)NC[C@H](Cc1ccccc1OC)C(=O)O. The lowest BCUT2D eigenvalue weighted by Crippen LogP contribution is -2.36. The molecule has 5 nitrogen and oxygen atoms in total. The summed E-state index contributed by atoms with van der Waals surface area (Å²) in [6.45, 7) is 4.00. The smallest absolute Gasteiger partial charge is 0.308 e. The molecule has 2 N–H and O–H groups in total. The Labute approximate surface area is 131 Å². The number of rotatable bonds is 9. The molecule has 22 heavy (non-hydrogen) atoms. The van der Waals surface area contributed by atoms with Crippen LogP contribution in [0.3, 0.4) is 0 Å². The van der Waals surface area contributed by atoms with E-state index in [0.29, 0.717) is 12.2 Å². The first-order valence-electron chi connectivity index (χ1n) is 7.62. The molecule has 0 spiro atoms. The molecule has 0 aliphatic heterocycles. The molecule has 2 atom stereocenters. The molecule has 0 aromatic heterocycles. The third-order valence-electron chi connectivity index (χ3n) is 3.70. The molecule has 0 saturated heterocycles. The van der Waals surface area contributed by atoms with Crippen molar-refractivity contribution >= 4 is 11.9 Å². The van der Waals surface area contributed by atoms with Crippen molar-refractivity contribution in [3.8, 4) is 5.75 Å². The number of carboxylic acids is 1. The lowest BCUT2D eigenvalue weighted by Gasteiger charge is -2.17. The molecule has 0 aliphatic rings. The Kier molecular flexibility index (Phi) is 7.43. The third kappa shape index (κ3) is 5.39. The van der Waals surface area contributed by atoms with Crippen LogP contribution in [-0.4, -0.2) is 30.6 Å². The van der Waals surface area contributed by atoms with E-state index >= 15 is 0 Å². The van der Waals surface area contributed by atoms with Crippen LogP contribution in [0.25, 0.3) is 0 Å². The monoisotopic (exact) mass is 307 g/mol. The maximum Gasteiger partial charge on any atom is 0.308 e. The Balaban J connectivity index is 2.67. The minimum absolute atomic E-state index is 0.0897. The standard InChI is InChI=1S/C17H25NO4/c1-4-7-12(2)16(19)18-11-14(17(20)21)10-13-8-5-6-9-15(13)22-3/h5-6,8-9,12,14H,4,7,10-11H2,1-3H3,(H,18,19)(H,20,21)/t12-,14-/m0/s1. The molecule has 5 heteroatoms. The maximum absolute atomic E-state index is 11.9. The van der Waals surface area contributed by atoms with Crippen LogP contribution in [0.15, 0.2) is 24.3 Å². The third-order valence-corrected chi connectivity index (χ3v) is 3.70. The highest BCUT2D eigenvalue weighted by Crippen LogP contribution is 2.21. The van der Waals surface area contributed by atoms with E-state index in [2.05, 4.69) is 5.32 Å². The van der Waals surface area contributed by atoms with Gasteiger partial charge in [-0.25, -0.2) is 0 Å². The number of methoxy groups -OCH3 is 1. The number of hydrogen-bond acceptors (Lipinski definition) is 3. The van der Waals surface area contributed by atoms with E-state index < -0.39 is 11.9 Å². The minimum Gasteiger partial charge on any atom is -0.496 e. The van der Waals surface area contributed by atoms with E-state index in [4.69, 9.17) is 4.74 Å². The molecule has 122 valence electrons. The van der Waals surface area contributed by atoms with Gasteiger partial charge in [0, 0.05) is 12.5 Å². The van der Waals surface area contributed by atoms with E-state index in [1.807, 2.05) is 32.0 Å². The van der Waals surface area contributed by atoms with Crippen molar-refractivity contribution in [3.63, 3.8) is 0 Å². The number of carboxylic acid groups (broad SMARTS) is 1. The van der Waals surface area contributed by atoms with Gasteiger partial charge in [-0.1, -0.05) is 38.5 Å². The fourth-order valence-corrected chi connectivity index (χ4v) is 2.35. The van der Waals surface area contributed by atoms with Gasteiger partial charge in [-0.3, -0.25) is 9.59 Å². The summed E-state index contributed by atoms with van der Waals surface area (Å²) in [6.07, 6.45) is 2.05. The van der Waals surface area contributed by atoms with Crippen LogP contribution >= 0.6 is 0 Å². The van der Waals surface area contributed by atoms with Crippen molar-refractivity contribution in [2.45, 2.75) is 33.1 Å². The van der Waals surface area contributed by atoms with Crippen LogP contribution in [0.4, 0.5) is 0 Å². The maximum atomic E-state index is 11.9. The van der Waals surface area contributed by atoms with Crippen molar-refractivity contribution in [2.24, 2.45) is 11.8 Å². The normalized spacial score (nSPS) is 13.2. The number of carbonyl (C=O) groups excluding carboxylic acids is 1. The quantitative estimate of drug-likeness (QED) is 0.735. The predicted octanol–water partition coefficient (Wildman–Crippen LogP) is 2.49. The molecular weight excluding hydrogens is 282 g/mol. The van der Waals surface area contributed by atoms with Gasteiger partial charge in [-0.15, -0.1) is 0 Å². The second-order valence-electron chi connectivity index (χ2n) is 5.49. The van der Waals surface area contributed by atoms with Gasteiger partial charge in [0.15, 0.2) is 0 Å². The Bertz CT molecular complexity index is 501. The average Bonchev–Trinajstić information content (AvgIpc) is 2.51. The molecule has 0 saturated carbocycles. The van der Waals surface area contributed by atoms with Gasteiger partial charge in [0.2, 0.25) is 5.91 Å². The van der Waals surface area contributed by atoms with Crippen LogP contribution in [0.1, 0.15) is 32.3 Å². The molecular formula is C17H25NO4. The van der Waals surface area contributed by atoms with E-state index in [-0.39, 0.29) is 18.4 Å². The zero-order valence-corrected chi connectivity index (χ0v) is 13.5. The zero-order chi connectivity index (χ0) is 16.5. The van der Waals surface area contributed by atoms with Gasteiger partial charge in [0.25, 0.3) is 0 Å². The first-order chi connectivity index (χ1) is 10.5. The second kappa shape index (κ2) is 9.07. The summed E-state index contributed by atoms with van der Waals surface area (Å²) in [6, 6.07) is 7.33. The van der Waals surface area contributed by atoms with Crippen LogP contribution in [-0.2, 0) is 16.0 Å². The first kappa shape index (κ1) is 18.0. The number of aliphatic carboxylic acids is 1. The van der Waals surface area contributed by atoms with E-state index in [1.165, 1.54) is 0 Å². The molecule has 1 aromatic carbocycles. The number of amides is 1. The molecule has 1 amide bonds. The molecule has 1 aromatic rings. The number of hydrogen-bond donors (Lipinski definition) is 2. The lowest BCUT2D eigenvalue weighted by atomic mass is 9.98. The Morgan fingerprint density at radius 2 is 2.00 bits per heavy atom. The second-order valence-corrected chi connectivity index (χ2v) is 5.49. The number of para-hydroxylation sites is 1. The van der Waals surface area contributed by atoms with Gasteiger partial charge < -0.3 is 15.2 Å². The Morgan fingerprint density at radius 3 is 2.59 bits per heavy atom. The number of nitrogens with one attached hydrogen (secondary N) is 1. The number of benzene rings is 1. The lowest BCUT2D eigenvalue weighted by molar-refractivity contribution is -0.141. The molecule has 0 bridgehead atoms. The van der Waals surface area contributed by atoms with E-state index in [9.17, 15) is 14.7 Å². The van der Waals surface area contributed by atoms with Crippen LogP contribution in [0.5, 0.6) is 5.75 Å². The first-order valence-corrected chi connectivity index (χ1v) is 7.62. The summed E-state index contributed by atoms with van der Waals surface area (Å²) in [7, 11) is 1.56. The van der Waals surface area contributed by atoms with Crippen molar-refractivity contribution in [1.82, 2.24) is 5.32 Å². The van der Waals surface area contributed by atoms with Crippen molar-refractivity contribution in [2.75, 3.05) is 13.7 Å². The van der Waals surface area contributed by atoms with Crippen LogP contribution in [0.2, 0.25) is 0 Å². The van der Waals surface area contributed by atoms with Gasteiger partial charge in [0.05, 0.1) is 13.0 Å². The minimum atomic E-state index is -0.922. The van der Waals surface area contributed by atoms with E-state index in [1.54, 1.807) is 13.2 Å². The van der Waals surface area contributed by atoms with Crippen LogP contribution < -0.4 is 10.1 Å². The summed E-state index contributed by atoms with van der Waals surface area (Å²) in [5.74, 6) is -1.11. The van der Waals surface area contributed by atoms with Crippen molar-refractivity contribution < 1.29 is 19.4 Å². The molecule has 1 rings (SSSR count).